The molecule has 7 heteroatoms. The fourth-order valence-corrected chi connectivity index (χ4v) is 3.95. The Kier molecular flexibility index (Phi) is 5.69. The molecule has 0 bridgehead atoms. The van der Waals surface area contributed by atoms with Gasteiger partial charge in [-0.2, -0.15) is 0 Å². The van der Waals surface area contributed by atoms with Crippen molar-refractivity contribution in [1.82, 2.24) is 9.80 Å². The molecule has 0 aliphatic carbocycles. The molecule has 31 heavy (non-hydrogen) atoms. The van der Waals surface area contributed by atoms with Gasteiger partial charge in [-0.25, -0.2) is 0 Å². The van der Waals surface area contributed by atoms with Gasteiger partial charge >= 0.3 is 0 Å². The first-order chi connectivity index (χ1) is 14.9. The Morgan fingerprint density at radius 3 is 2.55 bits per heavy atom. The average Bonchev–Trinajstić information content (AvgIpc) is 3.01. The molecular weight excluding hydrogens is 396 g/mol. The van der Waals surface area contributed by atoms with Crippen molar-refractivity contribution in [1.29, 1.82) is 0 Å². The van der Waals surface area contributed by atoms with E-state index in [1.807, 2.05) is 50.2 Å². The lowest BCUT2D eigenvalue weighted by molar-refractivity contribution is -0.140. The summed E-state index contributed by atoms with van der Waals surface area (Å²) in [6.45, 7) is 3.79. The van der Waals surface area contributed by atoms with Crippen LogP contribution in [0.25, 0.3) is 5.76 Å². The first-order valence-electron chi connectivity index (χ1n) is 10.3. The second-order valence-corrected chi connectivity index (χ2v) is 8.07. The number of ether oxygens (including phenoxy) is 2. The van der Waals surface area contributed by atoms with Crippen molar-refractivity contribution < 1.29 is 24.2 Å². The van der Waals surface area contributed by atoms with E-state index in [0.717, 1.165) is 11.1 Å². The Morgan fingerprint density at radius 2 is 1.84 bits per heavy atom. The number of likely N-dealkylation sites (N-methyl/N-ethyl adjacent to an activating group) is 1. The SMILES string of the molecule is Cc1cccc(C2/C(=C(/O)c3ccc4c(c3)OCCO4)C(=O)C(=O)N2CCN(C)C)c1. The van der Waals surface area contributed by atoms with Crippen molar-refractivity contribution in [2.24, 2.45) is 0 Å². The van der Waals surface area contributed by atoms with Crippen LogP contribution in [-0.2, 0) is 9.59 Å². The maximum Gasteiger partial charge on any atom is 0.295 e. The summed E-state index contributed by atoms with van der Waals surface area (Å²) >= 11 is 0. The summed E-state index contributed by atoms with van der Waals surface area (Å²) in [6.07, 6.45) is 0. The van der Waals surface area contributed by atoms with Crippen LogP contribution in [0.1, 0.15) is 22.7 Å². The van der Waals surface area contributed by atoms with Crippen LogP contribution >= 0.6 is 0 Å². The topological polar surface area (TPSA) is 79.3 Å². The van der Waals surface area contributed by atoms with Crippen LogP contribution in [0.3, 0.4) is 0 Å². The predicted octanol–water partition coefficient (Wildman–Crippen LogP) is 2.75. The van der Waals surface area contributed by atoms with Gasteiger partial charge in [0.25, 0.3) is 11.7 Å². The molecule has 0 spiro atoms. The molecule has 7 nitrogen and oxygen atoms in total. The Bertz CT molecular complexity index is 1060. The monoisotopic (exact) mass is 422 g/mol. The number of benzene rings is 2. The highest BCUT2D eigenvalue weighted by molar-refractivity contribution is 6.46. The van der Waals surface area contributed by atoms with E-state index in [1.165, 1.54) is 0 Å². The normalized spacial score (nSPS) is 19.9. The smallest absolute Gasteiger partial charge is 0.295 e. The third kappa shape index (κ3) is 4.01. The molecule has 1 amide bonds. The molecule has 2 aromatic carbocycles. The van der Waals surface area contributed by atoms with Gasteiger partial charge in [-0.1, -0.05) is 29.8 Å². The zero-order chi connectivity index (χ0) is 22.1. The minimum Gasteiger partial charge on any atom is -0.507 e. The summed E-state index contributed by atoms with van der Waals surface area (Å²) in [5.74, 6) is -0.409. The number of Topliss-reactive ketones (excluding diaryl/α,β-unsaturated/α-hetero) is 1. The highest BCUT2D eigenvalue weighted by atomic mass is 16.6. The molecule has 0 saturated carbocycles. The summed E-state index contributed by atoms with van der Waals surface area (Å²) < 4.78 is 11.2. The molecule has 1 N–H and O–H groups in total. The number of likely N-dealkylation sites (tertiary alicyclic amines) is 1. The van der Waals surface area contributed by atoms with E-state index in [2.05, 4.69) is 0 Å². The number of rotatable bonds is 5. The van der Waals surface area contributed by atoms with Gasteiger partial charge in [0.05, 0.1) is 11.6 Å². The molecule has 1 saturated heterocycles. The lowest BCUT2D eigenvalue weighted by Gasteiger charge is -2.27. The highest BCUT2D eigenvalue weighted by Gasteiger charge is 2.46. The molecule has 2 heterocycles. The van der Waals surface area contributed by atoms with Crippen LogP contribution in [0, 0.1) is 6.92 Å². The van der Waals surface area contributed by atoms with Gasteiger partial charge in [-0.15, -0.1) is 0 Å². The minimum absolute atomic E-state index is 0.0889. The number of nitrogens with zero attached hydrogens (tertiary/aromatic N) is 2. The lowest BCUT2D eigenvalue weighted by Crippen LogP contribution is -2.35. The fraction of sp³-hybridized carbons (Fsp3) is 0.333. The van der Waals surface area contributed by atoms with Crippen molar-refractivity contribution >= 4 is 17.4 Å². The molecule has 2 aliphatic heterocycles. The number of hydrogen-bond acceptors (Lipinski definition) is 6. The van der Waals surface area contributed by atoms with Crippen LogP contribution in [-0.4, -0.2) is 67.0 Å². The fourth-order valence-electron chi connectivity index (χ4n) is 3.95. The molecule has 2 aliphatic rings. The summed E-state index contributed by atoms with van der Waals surface area (Å²) in [5, 5.41) is 11.2. The maximum absolute atomic E-state index is 13.1. The first kappa shape index (κ1) is 20.9. The number of aliphatic hydroxyl groups is 1. The van der Waals surface area contributed by atoms with Crippen LogP contribution in [0.2, 0.25) is 0 Å². The summed E-state index contributed by atoms with van der Waals surface area (Å²) in [4.78, 5) is 29.5. The van der Waals surface area contributed by atoms with Crippen molar-refractivity contribution in [2.75, 3.05) is 40.4 Å². The Hall–Kier alpha value is -3.32. The predicted molar refractivity (Wildman–Crippen MR) is 116 cm³/mol. The molecule has 2 aromatic rings. The van der Waals surface area contributed by atoms with Gasteiger partial charge in [0.2, 0.25) is 0 Å². The van der Waals surface area contributed by atoms with Gasteiger partial charge < -0.3 is 24.4 Å². The Labute approximate surface area is 181 Å². The highest BCUT2D eigenvalue weighted by Crippen LogP contribution is 2.41. The Balaban J connectivity index is 1.83. The molecule has 0 radical (unpaired) electrons. The Morgan fingerprint density at radius 1 is 1.10 bits per heavy atom. The second kappa shape index (κ2) is 8.43. The van der Waals surface area contributed by atoms with E-state index in [9.17, 15) is 14.7 Å². The van der Waals surface area contributed by atoms with Gasteiger partial charge in [-0.05, 0) is 44.8 Å². The third-order valence-electron chi connectivity index (χ3n) is 5.50. The van der Waals surface area contributed by atoms with Crippen LogP contribution in [0.4, 0.5) is 0 Å². The molecule has 1 unspecified atom stereocenters. The van der Waals surface area contributed by atoms with Crippen LogP contribution < -0.4 is 9.47 Å². The zero-order valence-electron chi connectivity index (χ0n) is 17.9. The molecular formula is C24H26N2O5. The van der Waals surface area contributed by atoms with E-state index in [-0.39, 0.29) is 11.3 Å². The number of ketones is 1. The van der Waals surface area contributed by atoms with Crippen LogP contribution in [0.5, 0.6) is 11.5 Å². The second-order valence-electron chi connectivity index (χ2n) is 8.07. The van der Waals surface area contributed by atoms with Gasteiger partial charge in [0.15, 0.2) is 11.5 Å². The van der Waals surface area contributed by atoms with E-state index in [4.69, 9.17) is 9.47 Å². The van der Waals surface area contributed by atoms with E-state index >= 15 is 0 Å². The van der Waals surface area contributed by atoms with E-state index < -0.39 is 17.7 Å². The van der Waals surface area contributed by atoms with Crippen molar-refractivity contribution in [3.63, 3.8) is 0 Å². The molecule has 0 aromatic heterocycles. The number of fused-ring (bicyclic) bond motifs is 1. The molecule has 1 fully saturated rings. The number of hydrogen-bond donors (Lipinski definition) is 1. The van der Waals surface area contributed by atoms with Crippen LogP contribution in [0.15, 0.2) is 48.0 Å². The molecule has 162 valence electrons. The van der Waals surface area contributed by atoms with Crippen molar-refractivity contribution in [2.45, 2.75) is 13.0 Å². The number of carbonyl (C=O) groups excluding carboxylic acids is 2. The zero-order valence-corrected chi connectivity index (χ0v) is 17.9. The van der Waals surface area contributed by atoms with Crippen molar-refractivity contribution in [3.8, 4) is 11.5 Å². The van der Waals surface area contributed by atoms with E-state index in [1.54, 1.807) is 23.1 Å². The lowest BCUT2D eigenvalue weighted by atomic mass is 9.94. The van der Waals surface area contributed by atoms with Crippen molar-refractivity contribution in [3.05, 3.63) is 64.7 Å². The number of carbonyl (C=O) groups is 2. The number of amides is 1. The summed E-state index contributed by atoms with van der Waals surface area (Å²) in [6, 6.07) is 12.0. The van der Waals surface area contributed by atoms with E-state index in [0.29, 0.717) is 43.4 Å². The van der Waals surface area contributed by atoms with Gasteiger partial charge in [-0.3, -0.25) is 9.59 Å². The molecule has 1 atom stereocenters. The first-order valence-corrected chi connectivity index (χ1v) is 10.3. The summed E-state index contributed by atoms with van der Waals surface area (Å²) in [7, 11) is 3.82. The maximum atomic E-state index is 13.1. The third-order valence-corrected chi connectivity index (χ3v) is 5.50. The summed E-state index contributed by atoms with van der Waals surface area (Å²) in [5.41, 5.74) is 2.30. The minimum atomic E-state index is -0.683. The average molecular weight is 422 g/mol. The number of aliphatic hydroxyl groups excluding tert-OH is 1. The van der Waals surface area contributed by atoms with Gasteiger partial charge in [0.1, 0.15) is 19.0 Å². The number of aryl methyl sites for hydroxylation is 1. The van der Waals surface area contributed by atoms with Gasteiger partial charge in [0, 0.05) is 18.7 Å². The largest absolute Gasteiger partial charge is 0.507 e. The molecule has 4 rings (SSSR count). The quantitative estimate of drug-likeness (QED) is 0.454. The standard InChI is InChI=1S/C24H26N2O5/c1-15-5-4-6-16(13-15)21-20(23(28)24(29)26(21)10-9-25(2)3)22(27)17-7-8-18-19(14-17)31-12-11-30-18/h4-8,13-14,21,27H,9-12H2,1-3H3/b22-20-.